The molecule has 0 bridgehead atoms. The Morgan fingerprint density at radius 2 is 2.00 bits per heavy atom. The minimum atomic E-state index is 0.271. The SMILES string of the molecule is Cn1c(CSc2ncc(-c3ccccc3)n2CC2CCCO2)nnc1C1CC1. The van der Waals surface area contributed by atoms with Crippen LogP contribution < -0.4 is 0 Å². The third kappa shape index (κ3) is 3.61. The van der Waals surface area contributed by atoms with Crippen LogP contribution >= 0.6 is 11.8 Å². The molecule has 0 amide bonds. The second-order valence-electron chi connectivity index (χ2n) is 7.63. The molecule has 1 aromatic carbocycles. The van der Waals surface area contributed by atoms with Crippen molar-refractivity contribution in [1.82, 2.24) is 24.3 Å². The molecular formula is C21H25N5OS. The summed E-state index contributed by atoms with van der Waals surface area (Å²) in [5.74, 6) is 3.53. The topological polar surface area (TPSA) is 57.8 Å². The molecule has 146 valence electrons. The normalized spacial score (nSPS) is 19.4. The zero-order valence-corrected chi connectivity index (χ0v) is 16.9. The Hall–Kier alpha value is -2.12. The number of nitrogens with zero attached hydrogens (tertiary/aromatic N) is 5. The van der Waals surface area contributed by atoms with Gasteiger partial charge in [0.25, 0.3) is 0 Å². The molecule has 1 unspecified atom stereocenters. The van der Waals surface area contributed by atoms with Gasteiger partial charge in [0.2, 0.25) is 0 Å². The summed E-state index contributed by atoms with van der Waals surface area (Å²) < 4.78 is 10.4. The molecule has 1 saturated heterocycles. The van der Waals surface area contributed by atoms with Gasteiger partial charge in [-0.05, 0) is 31.2 Å². The molecule has 0 radical (unpaired) electrons. The Kier molecular flexibility index (Phi) is 4.94. The molecule has 3 heterocycles. The van der Waals surface area contributed by atoms with E-state index < -0.39 is 0 Å². The maximum atomic E-state index is 5.91. The van der Waals surface area contributed by atoms with Gasteiger partial charge in [0.05, 0.1) is 30.3 Å². The second-order valence-corrected chi connectivity index (χ2v) is 8.58. The lowest BCUT2D eigenvalue weighted by atomic mass is 10.1. The standard InChI is InChI=1S/C21H25N5OS/c1-25-19(23-24-20(25)16-9-10-16)14-28-21-22-12-18(15-6-3-2-4-7-15)26(21)13-17-8-5-11-27-17/h2-4,6-7,12,16-17H,5,8-11,13-14H2,1H3. The zero-order valence-electron chi connectivity index (χ0n) is 16.1. The van der Waals surface area contributed by atoms with Crippen LogP contribution in [-0.4, -0.2) is 37.0 Å². The van der Waals surface area contributed by atoms with Gasteiger partial charge in [-0.1, -0.05) is 42.1 Å². The highest BCUT2D eigenvalue weighted by Gasteiger charge is 2.29. The lowest BCUT2D eigenvalue weighted by molar-refractivity contribution is 0.0954. The highest BCUT2D eigenvalue weighted by atomic mass is 32.2. The molecule has 1 saturated carbocycles. The van der Waals surface area contributed by atoms with E-state index in [9.17, 15) is 0 Å². The highest BCUT2D eigenvalue weighted by molar-refractivity contribution is 7.98. The monoisotopic (exact) mass is 395 g/mol. The van der Waals surface area contributed by atoms with Gasteiger partial charge in [-0.2, -0.15) is 0 Å². The molecule has 6 nitrogen and oxygen atoms in total. The lowest BCUT2D eigenvalue weighted by Crippen LogP contribution is -2.16. The molecule has 2 fully saturated rings. The average Bonchev–Trinajstić information content (AvgIpc) is 3.12. The van der Waals surface area contributed by atoms with Gasteiger partial charge >= 0.3 is 0 Å². The Balaban J connectivity index is 1.39. The third-order valence-electron chi connectivity index (χ3n) is 5.57. The van der Waals surface area contributed by atoms with E-state index in [1.807, 2.05) is 12.3 Å². The van der Waals surface area contributed by atoms with Crippen molar-refractivity contribution in [3.8, 4) is 11.3 Å². The van der Waals surface area contributed by atoms with E-state index in [0.717, 1.165) is 54.2 Å². The number of benzene rings is 1. The largest absolute Gasteiger partial charge is 0.376 e. The van der Waals surface area contributed by atoms with Crippen LogP contribution in [0.2, 0.25) is 0 Å². The number of hydrogen-bond acceptors (Lipinski definition) is 5. The van der Waals surface area contributed by atoms with E-state index in [0.29, 0.717) is 5.92 Å². The van der Waals surface area contributed by atoms with E-state index in [-0.39, 0.29) is 6.10 Å². The molecule has 3 aromatic rings. The summed E-state index contributed by atoms with van der Waals surface area (Å²) in [5, 5.41) is 9.84. The molecule has 7 heteroatoms. The van der Waals surface area contributed by atoms with E-state index in [2.05, 4.69) is 50.6 Å². The Bertz CT molecular complexity index is 941. The summed E-state index contributed by atoms with van der Waals surface area (Å²) in [6.07, 6.45) is 7.00. The minimum absolute atomic E-state index is 0.271. The predicted octanol–water partition coefficient (Wildman–Crippen LogP) is 4.03. The summed E-state index contributed by atoms with van der Waals surface area (Å²) in [4.78, 5) is 4.75. The Morgan fingerprint density at radius 1 is 1.14 bits per heavy atom. The van der Waals surface area contributed by atoms with Gasteiger partial charge in [-0.25, -0.2) is 4.98 Å². The summed E-state index contributed by atoms with van der Waals surface area (Å²) in [6, 6.07) is 10.5. The van der Waals surface area contributed by atoms with Gasteiger partial charge in [0.1, 0.15) is 11.6 Å². The third-order valence-corrected chi connectivity index (χ3v) is 6.56. The van der Waals surface area contributed by atoms with Crippen molar-refractivity contribution in [1.29, 1.82) is 0 Å². The molecule has 28 heavy (non-hydrogen) atoms. The number of rotatable bonds is 7. The van der Waals surface area contributed by atoms with E-state index in [1.165, 1.54) is 18.4 Å². The molecule has 1 atom stereocenters. The maximum absolute atomic E-state index is 5.91. The predicted molar refractivity (Wildman–Crippen MR) is 109 cm³/mol. The Morgan fingerprint density at radius 3 is 2.75 bits per heavy atom. The average molecular weight is 396 g/mol. The van der Waals surface area contributed by atoms with Crippen LogP contribution in [-0.2, 0) is 24.1 Å². The van der Waals surface area contributed by atoms with Gasteiger partial charge in [0, 0.05) is 19.6 Å². The molecule has 0 N–H and O–H groups in total. The fraction of sp³-hybridized carbons (Fsp3) is 0.476. The van der Waals surface area contributed by atoms with E-state index >= 15 is 0 Å². The van der Waals surface area contributed by atoms with Gasteiger partial charge in [-0.15, -0.1) is 10.2 Å². The van der Waals surface area contributed by atoms with Crippen molar-refractivity contribution >= 4 is 11.8 Å². The van der Waals surface area contributed by atoms with Crippen molar-refractivity contribution in [2.45, 2.75) is 55.2 Å². The summed E-state index contributed by atoms with van der Waals surface area (Å²) in [7, 11) is 2.08. The van der Waals surface area contributed by atoms with Gasteiger partial charge in [0.15, 0.2) is 5.16 Å². The molecule has 0 spiro atoms. The van der Waals surface area contributed by atoms with Crippen molar-refractivity contribution in [2.24, 2.45) is 7.05 Å². The molecule has 2 aliphatic rings. The molecule has 1 aliphatic carbocycles. The van der Waals surface area contributed by atoms with Crippen LogP contribution in [0.4, 0.5) is 0 Å². The number of imidazole rings is 1. The molecule has 5 rings (SSSR count). The first-order chi connectivity index (χ1) is 13.8. The fourth-order valence-corrected chi connectivity index (χ4v) is 4.77. The number of aromatic nitrogens is 5. The zero-order chi connectivity index (χ0) is 18.9. The first-order valence-corrected chi connectivity index (χ1v) is 11.0. The van der Waals surface area contributed by atoms with Crippen molar-refractivity contribution in [2.75, 3.05) is 6.61 Å². The first kappa shape index (κ1) is 17.9. The van der Waals surface area contributed by atoms with Crippen LogP contribution in [0.5, 0.6) is 0 Å². The van der Waals surface area contributed by atoms with Crippen LogP contribution in [0.3, 0.4) is 0 Å². The first-order valence-electron chi connectivity index (χ1n) is 10.0. The van der Waals surface area contributed by atoms with Crippen molar-refractivity contribution in [3.63, 3.8) is 0 Å². The Labute approximate surface area is 169 Å². The summed E-state index contributed by atoms with van der Waals surface area (Å²) in [6.45, 7) is 1.71. The lowest BCUT2D eigenvalue weighted by Gasteiger charge is -2.16. The maximum Gasteiger partial charge on any atom is 0.168 e. The second kappa shape index (κ2) is 7.72. The quantitative estimate of drug-likeness (QED) is 0.566. The molecular weight excluding hydrogens is 370 g/mol. The van der Waals surface area contributed by atoms with Crippen molar-refractivity contribution in [3.05, 3.63) is 48.2 Å². The van der Waals surface area contributed by atoms with Crippen LogP contribution in [0, 0.1) is 0 Å². The van der Waals surface area contributed by atoms with Crippen LogP contribution in [0.15, 0.2) is 41.7 Å². The molecule has 2 aromatic heterocycles. The molecule has 1 aliphatic heterocycles. The smallest absolute Gasteiger partial charge is 0.168 e. The highest BCUT2D eigenvalue weighted by Crippen LogP contribution is 2.39. The number of thioether (sulfide) groups is 1. The van der Waals surface area contributed by atoms with Crippen LogP contribution in [0.1, 0.15) is 43.3 Å². The number of ether oxygens (including phenoxy) is 1. The van der Waals surface area contributed by atoms with E-state index in [1.54, 1.807) is 11.8 Å². The van der Waals surface area contributed by atoms with Gasteiger partial charge in [-0.3, -0.25) is 0 Å². The summed E-state index contributed by atoms with van der Waals surface area (Å²) >= 11 is 1.73. The minimum Gasteiger partial charge on any atom is -0.376 e. The van der Waals surface area contributed by atoms with E-state index in [4.69, 9.17) is 9.72 Å². The fourth-order valence-electron chi connectivity index (χ4n) is 3.81. The van der Waals surface area contributed by atoms with Crippen molar-refractivity contribution < 1.29 is 4.74 Å². The number of hydrogen-bond donors (Lipinski definition) is 0. The summed E-state index contributed by atoms with van der Waals surface area (Å²) in [5.41, 5.74) is 2.34. The van der Waals surface area contributed by atoms with Gasteiger partial charge < -0.3 is 13.9 Å². The van der Waals surface area contributed by atoms with Crippen LogP contribution in [0.25, 0.3) is 11.3 Å².